The molecule has 0 spiro atoms. The minimum atomic E-state index is -0.272. The van der Waals surface area contributed by atoms with Gasteiger partial charge in [-0.3, -0.25) is 10.1 Å². The quantitative estimate of drug-likeness (QED) is 0.596. The molecule has 0 saturated heterocycles. The minimum absolute atomic E-state index is 0.272. The normalized spacial score (nSPS) is 13.0. The van der Waals surface area contributed by atoms with Gasteiger partial charge in [-0.2, -0.15) is 0 Å². The Kier molecular flexibility index (Phi) is 2.60. The van der Waals surface area contributed by atoms with Gasteiger partial charge in [0.05, 0.1) is 16.5 Å². The predicted molar refractivity (Wildman–Crippen MR) is 91.2 cm³/mol. The number of nitrogens with zero attached hydrogens (tertiary/aromatic N) is 1. The maximum atomic E-state index is 12.1. The van der Waals surface area contributed by atoms with Crippen LogP contribution in [0.5, 0.6) is 0 Å². The Hall–Kier alpha value is -2.66. The lowest BCUT2D eigenvalue weighted by Gasteiger charge is -2.02. The molecule has 0 saturated carbocycles. The second kappa shape index (κ2) is 4.67. The van der Waals surface area contributed by atoms with Crippen LogP contribution in [0.1, 0.15) is 21.7 Å². The van der Waals surface area contributed by atoms with Gasteiger partial charge in [-0.15, -0.1) is 0 Å². The van der Waals surface area contributed by atoms with E-state index in [1.54, 1.807) is 12.1 Å². The van der Waals surface area contributed by atoms with Gasteiger partial charge in [-0.25, -0.2) is 4.98 Å². The zero-order chi connectivity index (χ0) is 15.4. The van der Waals surface area contributed by atoms with Crippen LogP contribution in [-0.4, -0.2) is 10.9 Å². The molecule has 1 amide bonds. The average Bonchev–Trinajstić information content (AvgIpc) is 3.27. The number of carbonyl (C=O) groups excluding carboxylic acids is 1. The molecule has 112 valence electrons. The van der Waals surface area contributed by atoms with Crippen molar-refractivity contribution < 1.29 is 9.21 Å². The number of benzene rings is 2. The molecule has 0 fully saturated rings. The standard InChI is InChI=1S/C18H12N2O2S/c21-17(13-5-2-8-22-13)20-18-19-16-12-4-1-3-10-6-7-11(15(10)12)9-14(16)23-18/h1-5,8-9H,6-7H2,(H,19,20,21). The number of hydrogen-bond donors (Lipinski definition) is 1. The molecule has 1 N–H and O–H groups in total. The van der Waals surface area contributed by atoms with E-state index in [9.17, 15) is 4.79 Å². The summed E-state index contributed by atoms with van der Waals surface area (Å²) in [5.74, 6) is 0.0181. The van der Waals surface area contributed by atoms with Gasteiger partial charge >= 0.3 is 0 Å². The maximum Gasteiger partial charge on any atom is 0.293 e. The Morgan fingerprint density at radius 3 is 2.96 bits per heavy atom. The minimum Gasteiger partial charge on any atom is -0.459 e. The fourth-order valence-electron chi connectivity index (χ4n) is 3.32. The van der Waals surface area contributed by atoms with E-state index in [-0.39, 0.29) is 5.91 Å². The summed E-state index contributed by atoms with van der Waals surface area (Å²) in [5.41, 5.74) is 3.75. The highest BCUT2D eigenvalue weighted by Gasteiger charge is 2.19. The Balaban J connectivity index is 1.64. The van der Waals surface area contributed by atoms with Crippen molar-refractivity contribution >= 4 is 43.4 Å². The van der Waals surface area contributed by atoms with Crippen LogP contribution in [0.2, 0.25) is 0 Å². The molecule has 0 atom stereocenters. The van der Waals surface area contributed by atoms with Crippen LogP contribution in [0.25, 0.3) is 21.0 Å². The predicted octanol–water partition coefficient (Wildman–Crippen LogP) is 4.39. The Bertz CT molecular complexity index is 1060. The fourth-order valence-corrected chi connectivity index (χ4v) is 4.27. The first kappa shape index (κ1) is 12.8. The molecule has 0 aliphatic heterocycles. The van der Waals surface area contributed by atoms with Crippen molar-refractivity contribution in [2.75, 3.05) is 5.32 Å². The number of aryl methyl sites for hydroxylation is 2. The summed E-state index contributed by atoms with van der Waals surface area (Å²) in [7, 11) is 0. The van der Waals surface area contributed by atoms with E-state index in [1.165, 1.54) is 39.5 Å². The molecule has 0 bridgehead atoms. The van der Waals surface area contributed by atoms with E-state index in [2.05, 4.69) is 34.6 Å². The van der Waals surface area contributed by atoms with Crippen LogP contribution in [0.4, 0.5) is 5.13 Å². The number of aromatic nitrogens is 1. The third-order valence-corrected chi connectivity index (χ3v) is 5.23. The highest BCUT2D eigenvalue weighted by molar-refractivity contribution is 7.22. The van der Waals surface area contributed by atoms with E-state index in [0.29, 0.717) is 10.9 Å². The Labute approximate surface area is 135 Å². The second-order valence-electron chi connectivity index (χ2n) is 5.67. The molecule has 23 heavy (non-hydrogen) atoms. The first-order valence-electron chi connectivity index (χ1n) is 7.48. The van der Waals surface area contributed by atoms with Crippen LogP contribution >= 0.6 is 11.3 Å². The molecule has 5 heteroatoms. The van der Waals surface area contributed by atoms with Crippen molar-refractivity contribution in [1.29, 1.82) is 0 Å². The van der Waals surface area contributed by atoms with Crippen LogP contribution in [0, 0.1) is 0 Å². The van der Waals surface area contributed by atoms with Crippen LogP contribution in [0.15, 0.2) is 47.1 Å². The summed E-state index contributed by atoms with van der Waals surface area (Å²) in [5, 5.41) is 5.95. The van der Waals surface area contributed by atoms with E-state index >= 15 is 0 Å². The largest absolute Gasteiger partial charge is 0.459 e. The second-order valence-corrected chi connectivity index (χ2v) is 6.70. The SMILES string of the molecule is O=C(Nc1nc2c(cc3c4c(cccc42)CC3)s1)c1ccco1. The van der Waals surface area contributed by atoms with Crippen molar-refractivity contribution in [3.05, 3.63) is 59.5 Å². The van der Waals surface area contributed by atoms with Gasteiger partial charge in [0.1, 0.15) is 0 Å². The van der Waals surface area contributed by atoms with Gasteiger partial charge in [-0.1, -0.05) is 29.5 Å². The van der Waals surface area contributed by atoms with E-state index in [0.717, 1.165) is 23.1 Å². The van der Waals surface area contributed by atoms with Crippen molar-refractivity contribution in [2.45, 2.75) is 12.8 Å². The number of furan rings is 1. The summed E-state index contributed by atoms with van der Waals surface area (Å²) in [6.45, 7) is 0. The molecule has 2 aromatic carbocycles. The lowest BCUT2D eigenvalue weighted by molar-refractivity contribution is 0.0996. The highest BCUT2D eigenvalue weighted by atomic mass is 32.1. The first-order chi connectivity index (χ1) is 11.3. The van der Waals surface area contributed by atoms with Gasteiger partial charge in [0, 0.05) is 5.39 Å². The summed E-state index contributed by atoms with van der Waals surface area (Å²) in [6.07, 6.45) is 3.67. The number of fused-ring (bicyclic) bond motifs is 2. The lowest BCUT2D eigenvalue weighted by Crippen LogP contribution is -2.10. The summed E-state index contributed by atoms with van der Waals surface area (Å²) < 4.78 is 6.23. The number of thiazole rings is 1. The van der Waals surface area contributed by atoms with Gasteiger partial charge in [0.15, 0.2) is 10.9 Å². The Morgan fingerprint density at radius 1 is 1.17 bits per heavy atom. The smallest absolute Gasteiger partial charge is 0.293 e. The van der Waals surface area contributed by atoms with Gasteiger partial charge < -0.3 is 4.42 Å². The van der Waals surface area contributed by atoms with Gasteiger partial charge in [0.2, 0.25) is 0 Å². The molecule has 1 aliphatic carbocycles. The van der Waals surface area contributed by atoms with Crippen LogP contribution in [0.3, 0.4) is 0 Å². The molecule has 5 rings (SSSR count). The molecule has 1 aliphatic rings. The molecule has 4 nitrogen and oxygen atoms in total. The average molecular weight is 320 g/mol. The topological polar surface area (TPSA) is 55.1 Å². The first-order valence-corrected chi connectivity index (χ1v) is 8.30. The number of carbonyl (C=O) groups is 1. The number of rotatable bonds is 2. The molecule has 2 aromatic heterocycles. The summed E-state index contributed by atoms with van der Waals surface area (Å²) >= 11 is 1.51. The molecular formula is C18H12N2O2S. The molecule has 2 heterocycles. The summed E-state index contributed by atoms with van der Waals surface area (Å²) in [4.78, 5) is 16.8. The summed E-state index contributed by atoms with van der Waals surface area (Å²) in [6, 6.07) is 12.0. The van der Waals surface area contributed by atoms with Crippen LogP contribution < -0.4 is 5.32 Å². The Morgan fingerprint density at radius 2 is 2.09 bits per heavy atom. The highest BCUT2D eigenvalue weighted by Crippen LogP contribution is 2.39. The zero-order valence-corrected chi connectivity index (χ0v) is 12.9. The molecule has 0 unspecified atom stereocenters. The van der Waals surface area contributed by atoms with Crippen molar-refractivity contribution in [2.24, 2.45) is 0 Å². The fraction of sp³-hybridized carbons (Fsp3) is 0.111. The lowest BCUT2D eigenvalue weighted by atomic mass is 10.0. The third kappa shape index (κ3) is 1.90. The molecule has 4 aromatic rings. The molecular weight excluding hydrogens is 308 g/mol. The van der Waals surface area contributed by atoms with E-state index < -0.39 is 0 Å². The number of amides is 1. The number of hydrogen-bond acceptors (Lipinski definition) is 4. The van der Waals surface area contributed by atoms with Crippen molar-refractivity contribution in [3.63, 3.8) is 0 Å². The van der Waals surface area contributed by atoms with Crippen LogP contribution in [-0.2, 0) is 12.8 Å². The third-order valence-electron chi connectivity index (χ3n) is 4.31. The van der Waals surface area contributed by atoms with Crippen molar-refractivity contribution in [3.8, 4) is 0 Å². The zero-order valence-electron chi connectivity index (χ0n) is 12.1. The number of anilines is 1. The molecule has 0 radical (unpaired) electrons. The maximum absolute atomic E-state index is 12.1. The number of nitrogens with one attached hydrogen (secondary N) is 1. The van der Waals surface area contributed by atoms with E-state index in [1.807, 2.05) is 0 Å². The van der Waals surface area contributed by atoms with Gasteiger partial charge in [-0.05, 0) is 47.6 Å². The van der Waals surface area contributed by atoms with Gasteiger partial charge in [0.25, 0.3) is 5.91 Å². The van der Waals surface area contributed by atoms with E-state index in [4.69, 9.17) is 4.42 Å². The van der Waals surface area contributed by atoms with Crippen molar-refractivity contribution in [1.82, 2.24) is 4.98 Å². The monoisotopic (exact) mass is 320 g/mol.